The van der Waals surface area contributed by atoms with Crippen molar-refractivity contribution in [3.05, 3.63) is 47.5 Å². The second kappa shape index (κ2) is 8.96. The zero-order valence-corrected chi connectivity index (χ0v) is 14.2. The molecule has 0 fully saturated rings. The number of halogens is 3. The maximum absolute atomic E-state index is 13.0. The highest BCUT2D eigenvalue weighted by Gasteiger charge is 2.11. The van der Waals surface area contributed by atoms with Crippen molar-refractivity contribution in [2.45, 2.75) is 25.3 Å². The molecule has 3 nitrogen and oxygen atoms in total. The van der Waals surface area contributed by atoms with Crippen molar-refractivity contribution in [2.24, 2.45) is 4.99 Å². The first-order valence-corrected chi connectivity index (χ1v) is 6.74. The predicted molar refractivity (Wildman–Crippen MR) is 92.1 cm³/mol. The second-order valence-electron chi connectivity index (χ2n) is 4.81. The van der Waals surface area contributed by atoms with Crippen LogP contribution in [-0.2, 0) is 6.42 Å². The maximum atomic E-state index is 13.0. The Balaban J connectivity index is 0.00000220. The van der Waals surface area contributed by atoms with E-state index in [-0.39, 0.29) is 24.0 Å². The Hall–Kier alpha value is -1.18. The van der Waals surface area contributed by atoms with Crippen molar-refractivity contribution in [2.75, 3.05) is 13.6 Å². The smallest absolute Gasteiger partial charge is 0.191 e. The number of benzene rings is 1. The molecule has 0 spiro atoms. The number of nitrogens with zero attached hydrogens (tertiary/aromatic N) is 1. The molecule has 0 radical (unpaired) electrons. The molecule has 116 valence electrons. The van der Waals surface area contributed by atoms with Crippen LogP contribution < -0.4 is 10.6 Å². The summed E-state index contributed by atoms with van der Waals surface area (Å²) >= 11 is 0. The Bertz CT molecular complexity index is 489. The fourth-order valence-corrected chi connectivity index (χ4v) is 2.20. The third-order valence-electron chi connectivity index (χ3n) is 3.20. The summed E-state index contributed by atoms with van der Waals surface area (Å²) in [5.74, 6) is -0.366. The van der Waals surface area contributed by atoms with E-state index in [2.05, 4.69) is 27.8 Å². The lowest BCUT2D eigenvalue weighted by Gasteiger charge is -2.16. The Kier molecular flexibility index (Phi) is 7.63. The molecule has 21 heavy (non-hydrogen) atoms. The van der Waals surface area contributed by atoms with Gasteiger partial charge in [-0.15, -0.1) is 24.0 Å². The number of hydrogen-bond donors (Lipinski definition) is 2. The molecule has 0 heterocycles. The van der Waals surface area contributed by atoms with Gasteiger partial charge >= 0.3 is 0 Å². The number of nitrogens with one attached hydrogen (secondary N) is 2. The SMILES string of the molecule is CN=C(NCCc1cc(F)cc(F)c1)NC1CC=CC1.I. The Morgan fingerprint density at radius 3 is 2.38 bits per heavy atom. The van der Waals surface area contributed by atoms with Crippen LogP contribution in [0.15, 0.2) is 35.3 Å². The van der Waals surface area contributed by atoms with E-state index in [1.165, 1.54) is 12.1 Å². The van der Waals surface area contributed by atoms with Gasteiger partial charge < -0.3 is 10.6 Å². The molecule has 0 atom stereocenters. The van der Waals surface area contributed by atoms with Gasteiger partial charge in [0.2, 0.25) is 0 Å². The molecule has 0 aromatic heterocycles. The lowest BCUT2D eigenvalue weighted by molar-refractivity contribution is 0.579. The molecule has 0 amide bonds. The summed E-state index contributed by atoms with van der Waals surface area (Å²) in [4.78, 5) is 4.14. The van der Waals surface area contributed by atoms with Crippen LogP contribution in [0, 0.1) is 11.6 Å². The first kappa shape index (κ1) is 17.9. The van der Waals surface area contributed by atoms with Gasteiger partial charge in [0.05, 0.1) is 0 Å². The summed E-state index contributed by atoms with van der Waals surface area (Å²) in [6, 6.07) is 3.96. The molecule has 1 aliphatic carbocycles. The normalized spacial score (nSPS) is 14.9. The fraction of sp³-hybridized carbons (Fsp3) is 0.400. The van der Waals surface area contributed by atoms with Crippen molar-refractivity contribution >= 4 is 29.9 Å². The van der Waals surface area contributed by atoms with Crippen LogP contribution in [-0.4, -0.2) is 25.6 Å². The minimum atomic E-state index is -0.542. The van der Waals surface area contributed by atoms with Crippen molar-refractivity contribution in [3.8, 4) is 0 Å². The average molecular weight is 407 g/mol. The quantitative estimate of drug-likeness (QED) is 0.349. The van der Waals surface area contributed by atoms with Gasteiger partial charge in [-0.05, 0) is 37.0 Å². The highest BCUT2D eigenvalue weighted by Crippen LogP contribution is 2.09. The zero-order valence-electron chi connectivity index (χ0n) is 11.9. The van der Waals surface area contributed by atoms with Crippen molar-refractivity contribution in [1.82, 2.24) is 10.6 Å². The van der Waals surface area contributed by atoms with Gasteiger partial charge in [0.25, 0.3) is 0 Å². The summed E-state index contributed by atoms with van der Waals surface area (Å²) in [5.41, 5.74) is 0.632. The van der Waals surface area contributed by atoms with E-state index in [1.54, 1.807) is 7.05 Å². The molecule has 1 aliphatic rings. The first-order chi connectivity index (χ1) is 9.67. The molecule has 2 rings (SSSR count). The molecule has 2 N–H and O–H groups in total. The van der Waals surface area contributed by atoms with Crippen LogP contribution in [0.25, 0.3) is 0 Å². The number of guanidine groups is 1. The minimum absolute atomic E-state index is 0. The maximum Gasteiger partial charge on any atom is 0.191 e. The molecule has 0 saturated carbocycles. The third kappa shape index (κ3) is 5.99. The molecule has 6 heteroatoms. The highest BCUT2D eigenvalue weighted by atomic mass is 127. The zero-order chi connectivity index (χ0) is 14.4. The lowest BCUT2D eigenvalue weighted by atomic mass is 10.1. The summed E-state index contributed by atoms with van der Waals surface area (Å²) in [7, 11) is 1.71. The number of hydrogen-bond acceptors (Lipinski definition) is 1. The van der Waals surface area contributed by atoms with Gasteiger partial charge in [-0.3, -0.25) is 4.99 Å². The summed E-state index contributed by atoms with van der Waals surface area (Å²) in [6.07, 6.45) is 6.81. The van der Waals surface area contributed by atoms with Crippen molar-refractivity contribution < 1.29 is 8.78 Å². The van der Waals surface area contributed by atoms with Crippen LogP contribution in [0.1, 0.15) is 18.4 Å². The Labute approximate surface area is 140 Å². The van der Waals surface area contributed by atoms with Gasteiger partial charge in [0, 0.05) is 25.7 Å². The molecular formula is C15H20F2IN3. The van der Waals surface area contributed by atoms with Gasteiger partial charge in [-0.25, -0.2) is 8.78 Å². The van der Waals surface area contributed by atoms with E-state index in [4.69, 9.17) is 0 Å². The van der Waals surface area contributed by atoms with Gasteiger partial charge in [0.1, 0.15) is 11.6 Å². The van der Waals surface area contributed by atoms with E-state index in [0.717, 1.165) is 24.9 Å². The van der Waals surface area contributed by atoms with Crippen LogP contribution >= 0.6 is 24.0 Å². The summed E-state index contributed by atoms with van der Waals surface area (Å²) in [6.45, 7) is 0.572. The molecule has 0 aliphatic heterocycles. The van der Waals surface area contributed by atoms with Gasteiger partial charge in [-0.1, -0.05) is 12.2 Å². The van der Waals surface area contributed by atoms with E-state index in [1.807, 2.05) is 0 Å². The minimum Gasteiger partial charge on any atom is -0.356 e. The van der Waals surface area contributed by atoms with Crippen LogP contribution in [0.2, 0.25) is 0 Å². The molecular weight excluding hydrogens is 387 g/mol. The summed E-state index contributed by atoms with van der Waals surface area (Å²) in [5, 5.41) is 6.45. The third-order valence-corrected chi connectivity index (χ3v) is 3.20. The van der Waals surface area contributed by atoms with Crippen LogP contribution in [0.3, 0.4) is 0 Å². The lowest BCUT2D eigenvalue weighted by Crippen LogP contribution is -2.43. The number of aliphatic imine (C=N–C) groups is 1. The Morgan fingerprint density at radius 1 is 1.19 bits per heavy atom. The van der Waals surface area contributed by atoms with Gasteiger partial charge in [0.15, 0.2) is 5.96 Å². The predicted octanol–water partition coefficient (Wildman–Crippen LogP) is 3.01. The van der Waals surface area contributed by atoms with Crippen LogP contribution in [0.4, 0.5) is 8.78 Å². The van der Waals surface area contributed by atoms with Crippen molar-refractivity contribution in [1.29, 1.82) is 0 Å². The van der Waals surface area contributed by atoms with Crippen LogP contribution in [0.5, 0.6) is 0 Å². The van der Waals surface area contributed by atoms with Crippen molar-refractivity contribution in [3.63, 3.8) is 0 Å². The Morgan fingerprint density at radius 2 is 1.81 bits per heavy atom. The molecule has 1 aromatic carbocycles. The van der Waals surface area contributed by atoms with E-state index in [0.29, 0.717) is 24.6 Å². The summed E-state index contributed by atoms with van der Waals surface area (Å²) < 4.78 is 26.1. The highest BCUT2D eigenvalue weighted by molar-refractivity contribution is 14.0. The van der Waals surface area contributed by atoms with Gasteiger partial charge in [-0.2, -0.15) is 0 Å². The monoisotopic (exact) mass is 407 g/mol. The molecule has 0 bridgehead atoms. The van der Waals surface area contributed by atoms with E-state index < -0.39 is 11.6 Å². The van der Waals surface area contributed by atoms with E-state index in [9.17, 15) is 8.78 Å². The largest absolute Gasteiger partial charge is 0.356 e. The molecule has 1 aromatic rings. The molecule has 0 saturated heterocycles. The molecule has 0 unspecified atom stereocenters. The first-order valence-electron chi connectivity index (χ1n) is 6.74. The fourth-order valence-electron chi connectivity index (χ4n) is 2.20. The average Bonchev–Trinajstić information content (AvgIpc) is 2.89. The standard InChI is InChI=1S/C15H19F2N3.HI/c1-18-15(20-14-4-2-3-5-14)19-7-6-11-8-12(16)10-13(17)9-11;/h2-3,8-10,14H,4-7H2,1H3,(H2,18,19,20);1H. The van der Waals surface area contributed by atoms with E-state index >= 15 is 0 Å². The topological polar surface area (TPSA) is 36.4 Å². The second-order valence-corrected chi connectivity index (χ2v) is 4.81. The number of rotatable bonds is 4.